The Balaban J connectivity index is 1.57. The molecule has 4 fully saturated rings. The molecule has 0 bridgehead atoms. The molecule has 0 aromatic rings. The molecule has 4 aliphatic rings. The Bertz CT molecular complexity index is 348. The van der Waals surface area contributed by atoms with Gasteiger partial charge in [-0.3, -0.25) is 4.79 Å². The Kier molecular flexibility index (Phi) is 2.78. The van der Waals surface area contributed by atoms with E-state index in [4.69, 9.17) is 0 Å². The van der Waals surface area contributed by atoms with Crippen LogP contribution in [0.4, 0.5) is 0 Å². The van der Waals surface area contributed by atoms with Crippen molar-refractivity contribution in [1.29, 1.82) is 0 Å². The molecular weight excluding hydrogens is 220 g/mol. The molecule has 18 heavy (non-hydrogen) atoms. The fraction of sp³-hybridized carbons (Fsp3) is 0.941. The molecule has 0 aromatic heterocycles. The number of hydrogen-bond acceptors (Lipinski definition) is 1. The van der Waals surface area contributed by atoms with Crippen LogP contribution in [-0.2, 0) is 4.79 Å². The van der Waals surface area contributed by atoms with E-state index < -0.39 is 0 Å². The molecular formula is C17H26O. The third-order valence-electron chi connectivity index (χ3n) is 6.95. The zero-order valence-electron chi connectivity index (χ0n) is 11.4. The molecule has 4 aliphatic carbocycles. The first-order chi connectivity index (χ1) is 8.84. The Morgan fingerprint density at radius 1 is 0.667 bits per heavy atom. The smallest absolute Gasteiger partial charge is 0.136 e. The molecule has 1 nitrogen and oxygen atoms in total. The molecule has 0 aliphatic heterocycles. The third-order valence-corrected chi connectivity index (χ3v) is 6.95. The first kappa shape index (κ1) is 11.5. The molecule has 4 unspecified atom stereocenters. The van der Waals surface area contributed by atoms with E-state index in [1.807, 2.05) is 0 Å². The van der Waals surface area contributed by atoms with E-state index in [0.717, 1.165) is 36.0 Å². The van der Waals surface area contributed by atoms with Gasteiger partial charge in [-0.25, -0.2) is 0 Å². The van der Waals surface area contributed by atoms with Crippen LogP contribution in [0.2, 0.25) is 0 Å². The SMILES string of the molecule is O=C1CC[C@H]2C1CCC1C3CCCC[C@H]3CCC12. The predicted octanol–water partition coefficient (Wildman–Crippen LogP) is 4.21. The van der Waals surface area contributed by atoms with Crippen LogP contribution in [-0.4, -0.2) is 5.78 Å². The monoisotopic (exact) mass is 246 g/mol. The average molecular weight is 246 g/mol. The molecule has 4 saturated carbocycles. The molecule has 0 N–H and O–H groups in total. The van der Waals surface area contributed by atoms with E-state index >= 15 is 0 Å². The van der Waals surface area contributed by atoms with Gasteiger partial charge in [0.2, 0.25) is 0 Å². The second-order valence-electron chi connectivity index (χ2n) is 7.47. The van der Waals surface area contributed by atoms with Gasteiger partial charge in [0, 0.05) is 12.3 Å². The van der Waals surface area contributed by atoms with E-state index in [2.05, 4.69) is 0 Å². The van der Waals surface area contributed by atoms with Crippen LogP contribution < -0.4 is 0 Å². The molecule has 6 atom stereocenters. The molecule has 100 valence electrons. The van der Waals surface area contributed by atoms with Gasteiger partial charge in [-0.15, -0.1) is 0 Å². The molecule has 0 aromatic carbocycles. The summed E-state index contributed by atoms with van der Waals surface area (Å²) in [6.45, 7) is 0. The molecule has 0 spiro atoms. The number of ketones is 1. The van der Waals surface area contributed by atoms with E-state index in [1.54, 1.807) is 0 Å². The van der Waals surface area contributed by atoms with Crippen molar-refractivity contribution in [3.63, 3.8) is 0 Å². The van der Waals surface area contributed by atoms with E-state index in [1.165, 1.54) is 57.8 Å². The highest BCUT2D eigenvalue weighted by molar-refractivity contribution is 5.83. The third kappa shape index (κ3) is 1.62. The quantitative estimate of drug-likeness (QED) is 0.626. The molecule has 0 radical (unpaired) electrons. The zero-order chi connectivity index (χ0) is 12.1. The summed E-state index contributed by atoms with van der Waals surface area (Å²) in [6, 6.07) is 0. The highest BCUT2D eigenvalue weighted by Crippen LogP contribution is 2.57. The van der Waals surface area contributed by atoms with Crippen molar-refractivity contribution >= 4 is 5.78 Å². The minimum atomic E-state index is 0.492. The van der Waals surface area contributed by atoms with Crippen molar-refractivity contribution in [3.8, 4) is 0 Å². The minimum absolute atomic E-state index is 0.492. The Labute approximate surface area is 111 Å². The van der Waals surface area contributed by atoms with Crippen LogP contribution in [0.25, 0.3) is 0 Å². The van der Waals surface area contributed by atoms with Crippen molar-refractivity contribution in [2.45, 2.75) is 64.2 Å². The van der Waals surface area contributed by atoms with Crippen molar-refractivity contribution < 1.29 is 4.79 Å². The average Bonchev–Trinajstić information content (AvgIpc) is 2.80. The number of carbonyl (C=O) groups is 1. The first-order valence-corrected chi connectivity index (χ1v) is 8.37. The summed E-state index contributed by atoms with van der Waals surface area (Å²) in [4.78, 5) is 12.0. The summed E-state index contributed by atoms with van der Waals surface area (Å²) in [5.74, 6) is 5.98. The normalized spacial score (nSPS) is 51.4. The maximum Gasteiger partial charge on any atom is 0.136 e. The molecule has 0 amide bonds. The Morgan fingerprint density at radius 3 is 2.39 bits per heavy atom. The molecule has 0 heterocycles. The van der Waals surface area contributed by atoms with E-state index in [9.17, 15) is 4.79 Å². The van der Waals surface area contributed by atoms with Crippen LogP contribution in [0.3, 0.4) is 0 Å². The van der Waals surface area contributed by atoms with Gasteiger partial charge >= 0.3 is 0 Å². The minimum Gasteiger partial charge on any atom is -0.299 e. The van der Waals surface area contributed by atoms with Gasteiger partial charge in [-0.05, 0) is 68.1 Å². The molecule has 1 heteroatoms. The second-order valence-corrected chi connectivity index (χ2v) is 7.47. The van der Waals surface area contributed by atoms with Gasteiger partial charge in [0.15, 0.2) is 0 Å². The van der Waals surface area contributed by atoms with Gasteiger partial charge in [0.25, 0.3) is 0 Å². The lowest BCUT2D eigenvalue weighted by Crippen LogP contribution is -2.44. The van der Waals surface area contributed by atoms with E-state index in [0.29, 0.717) is 11.7 Å². The summed E-state index contributed by atoms with van der Waals surface area (Å²) in [6.07, 6.45) is 13.7. The van der Waals surface area contributed by atoms with Crippen molar-refractivity contribution in [2.24, 2.45) is 35.5 Å². The van der Waals surface area contributed by atoms with Crippen LogP contribution in [0.5, 0.6) is 0 Å². The predicted molar refractivity (Wildman–Crippen MR) is 72.1 cm³/mol. The van der Waals surface area contributed by atoms with E-state index in [-0.39, 0.29) is 0 Å². The van der Waals surface area contributed by atoms with Crippen molar-refractivity contribution in [3.05, 3.63) is 0 Å². The van der Waals surface area contributed by atoms with Crippen molar-refractivity contribution in [1.82, 2.24) is 0 Å². The lowest BCUT2D eigenvalue weighted by Gasteiger charge is -2.51. The summed E-state index contributed by atoms with van der Waals surface area (Å²) in [7, 11) is 0. The first-order valence-electron chi connectivity index (χ1n) is 8.37. The van der Waals surface area contributed by atoms with Crippen LogP contribution in [0.1, 0.15) is 64.2 Å². The lowest BCUT2D eigenvalue weighted by atomic mass is 9.54. The van der Waals surface area contributed by atoms with Crippen LogP contribution in [0, 0.1) is 35.5 Å². The van der Waals surface area contributed by atoms with Gasteiger partial charge in [0.1, 0.15) is 5.78 Å². The topological polar surface area (TPSA) is 17.1 Å². The van der Waals surface area contributed by atoms with Gasteiger partial charge in [-0.2, -0.15) is 0 Å². The largest absolute Gasteiger partial charge is 0.299 e. The van der Waals surface area contributed by atoms with Gasteiger partial charge in [0.05, 0.1) is 0 Å². The number of hydrogen-bond donors (Lipinski definition) is 0. The number of rotatable bonds is 0. The summed E-state index contributed by atoms with van der Waals surface area (Å²) >= 11 is 0. The second kappa shape index (κ2) is 4.35. The van der Waals surface area contributed by atoms with Crippen molar-refractivity contribution in [2.75, 3.05) is 0 Å². The maximum atomic E-state index is 12.0. The van der Waals surface area contributed by atoms with Crippen LogP contribution >= 0.6 is 0 Å². The lowest BCUT2D eigenvalue weighted by molar-refractivity contribution is -0.124. The molecule has 0 saturated heterocycles. The molecule has 4 rings (SSSR count). The Hall–Kier alpha value is -0.330. The maximum absolute atomic E-state index is 12.0. The highest BCUT2D eigenvalue weighted by Gasteiger charge is 2.50. The van der Waals surface area contributed by atoms with Gasteiger partial charge in [-0.1, -0.05) is 19.3 Å². The summed E-state index contributed by atoms with van der Waals surface area (Å²) in [5, 5.41) is 0. The number of Topliss-reactive ketones (excluding diaryl/α,β-unsaturated/α-hetero) is 1. The fourth-order valence-electron chi connectivity index (χ4n) is 6.25. The summed E-state index contributed by atoms with van der Waals surface area (Å²) in [5.41, 5.74) is 0. The fourth-order valence-corrected chi connectivity index (χ4v) is 6.25. The van der Waals surface area contributed by atoms with Crippen LogP contribution in [0.15, 0.2) is 0 Å². The Morgan fingerprint density at radius 2 is 1.44 bits per heavy atom. The van der Waals surface area contributed by atoms with Gasteiger partial charge < -0.3 is 0 Å². The number of fused-ring (bicyclic) bond motifs is 5. The highest BCUT2D eigenvalue weighted by atomic mass is 16.1. The number of carbonyl (C=O) groups excluding carboxylic acids is 1. The summed E-state index contributed by atoms with van der Waals surface area (Å²) < 4.78 is 0. The zero-order valence-corrected chi connectivity index (χ0v) is 11.4. The standard InChI is InChI=1S/C17H26O/c18-17-10-9-15-14-6-5-11-3-1-2-4-12(11)13(14)7-8-16(15)17/h11-16H,1-10H2/t11-,12?,13?,14?,15+,16?/m0/s1.